The van der Waals surface area contributed by atoms with Crippen LogP contribution in [0.25, 0.3) is 0 Å². The Morgan fingerprint density at radius 3 is 1.36 bits per heavy atom. The van der Waals surface area contributed by atoms with Gasteiger partial charge in [-0.05, 0) is 38.5 Å². The lowest BCUT2D eigenvalue weighted by atomic mass is 10.0. The summed E-state index contributed by atoms with van der Waals surface area (Å²) in [5.41, 5.74) is 0. The number of ether oxygens (including phenoxy) is 2. The molecule has 0 aliphatic rings. The first-order valence-electron chi connectivity index (χ1n) is 23.2. The molecule has 0 radical (unpaired) electrons. The molecule has 0 aromatic heterocycles. The van der Waals surface area contributed by atoms with Gasteiger partial charge in [0.05, 0.1) is 26.4 Å². The third kappa shape index (κ3) is 42.6. The van der Waals surface area contributed by atoms with Gasteiger partial charge in [-0.2, -0.15) is 0 Å². The minimum Gasteiger partial charge on any atom is -0.457 e. The predicted molar refractivity (Wildman–Crippen MR) is 228 cm³/mol. The van der Waals surface area contributed by atoms with Crippen molar-refractivity contribution in [3.05, 3.63) is 12.2 Å². The number of esters is 1. The molecule has 0 saturated heterocycles. The Morgan fingerprint density at radius 2 is 0.927 bits per heavy atom. The average molecular weight is 805 g/mol. The Hall–Kier alpha value is -0.800. The number of hydrogen-bond acceptors (Lipinski definition) is 8. The summed E-state index contributed by atoms with van der Waals surface area (Å²) in [5.74, 6) is -0.382. The van der Waals surface area contributed by atoms with Crippen LogP contribution in [0.5, 0.6) is 0 Å². The van der Waals surface area contributed by atoms with Gasteiger partial charge in [0.2, 0.25) is 0 Å². The van der Waals surface area contributed by atoms with Crippen LogP contribution < -0.4 is 0 Å². The maximum absolute atomic E-state index is 12.6. The van der Waals surface area contributed by atoms with Crippen LogP contribution in [-0.4, -0.2) is 66.3 Å². The summed E-state index contributed by atoms with van der Waals surface area (Å²) in [5, 5.41) is 18.4. The molecule has 0 heterocycles. The van der Waals surface area contributed by atoms with Crippen LogP contribution in [0, 0.1) is 0 Å². The smallest absolute Gasteiger partial charge is 0.457 e. The van der Waals surface area contributed by atoms with Crippen LogP contribution in [0.2, 0.25) is 0 Å². The number of aliphatic hydroxyl groups is 2. The molecule has 3 N–H and O–H groups in total. The summed E-state index contributed by atoms with van der Waals surface area (Å²) in [7, 11) is -4.51. The predicted octanol–water partition coefficient (Wildman–Crippen LogP) is 12.9. The van der Waals surface area contributed by atoms with Crippen LogP contribution in [-0.2, 0) is 27.9 Å². The Morgan fingerprint density at radius 1 is 0.545 bits per heavy atom. The zero-order chi connectivity index (χ0) is 40.3. The number of phosphoric acid groups is 1. The van der Waals surface area contributed by atoms with E-state index in [0.29, 0.717) is 6.61 Å². The Labute approximate surface area is 339 Å². The fourth-order valence-corrected chi connectivity index (χ4v) is 7.44. The van der Waals surface area contributed by atoms with Crippen LogP contribution in [0.4, 0.5) is 0 Å². The van der Waals surface area contributed by atoms with Crippen LogP contribution >= 0.6 is 7.82 Å². The van der Waals surface area contributed by atoms with Gasteiger partial charge in [0.15, 0.2) is 0 Å². The molecule has 0 aromatic rings. The molecule has 0 aromatic carbocycles. The van der Waals surface area contributed by atoms with Crippen molar-refractivity contribution in [3.8, 4) is 0 Å². The first kappa shape index (κ1) is 54.2. The number of unbranched alkanes of at least 4 members (excludes halogenated alkanes) is 29. The van der Waals surface area contributed by atoms with E-state index in [4.69, 9.17) is 23.6 Å². The van der Waals surface area contributed by atoms with Crippen molar-refractivity contribution < 1.29 is 43.0 Å². The van der Waals surface area contributed by atoms with Gasteiger partial charge in [0, 0.05) is 13.0 Å². The summed E-state index contributed by atoms with van der Waals surface area (Å²) in [4.78, 5) is 22.6. The monoisotopic (exact) mass is 805 g/mol. The Bertz CT molecular complexity index is 871. The highest BCUT2D eigenvalue weighted by molar-refractivity contribution is 7.47. The minimum atomic E-state index is -4.51. The number of rotatable bonds is 45. The Balaban J connectivity index is 4.11. The molecule has 3 atom stereocenters. The van der Waals surface area contributed by atoms with E-state index in [0.717, 1.165) is 38.5 Å². The number of aliphatic hydroxyl groups excluding tert-OH is 2. The second kappa shape index (κ2) is 42.8. The molecule has 0 amide bonds. The van der Waals surface area contributed by atoms with Crippen molar-refractivity contribution in [2.75, 3.05) is 33.0 Å². The number of allylic oxidation sites excluding steroid dienone is 2. The normalized spacial score (nSPS) is 14.1. The second-order valence-electron chi connectivity index (χ2n) is 15.8. The lowest BCUT2D eigenvalue weighted by molar-refractivity contribution is -0.154. The molecule has 0 spiro atoms. The molecule has 328 valence electrons. The lowest BCUT2D eigenvalue weighted by Gasteiger charge is -2.20. The van der Waals surface area contributed by atoms with Crippen molar-refractivity contribution >= 4 is 13.8 Å². The van der Waals surface area contributed by atoms with Gasteiger partial charge in [-0.1, -0.05) is 193 Å². The maximum atomic E-state index is 12.6. The largest absolute Gasteiger partial charge is 0.472 e. The molecule has 9 nitrogen and oxygen atoms in total. The molecule has 0 bridgehead atoms. The van der Waals surface area contributed by atoms with Crippen molar-refractivity contribution in [1.82, 2.24) is 0 Å². The van der Waals surface area contributed by atoms with Crippen molar-refractivity contribution in [2.24, 2.45) is 0 Å². The summed E-state index contributed by atoms with van der Waals surface area (Å²) >= 11 is 0. The number of carbonyl (C=O) groups excluding carboxylic acids is 1. The fraction of sp³-hybridized carbons (Fsp3) is 0.933. The van der Waals surface area contributed by atoms with Gasteiger partial charge >= 0.3 is 13.8 Å². The van der Waals surface area contributed by atoms with Crippen LogP contribution in [0.15, 0.2) is 12.2 Å². The van der Waals surface area contributed by atoms with E-state index in [9.17, 15) is 19.4 Å². The number of hydrogen-bond donors (Lipinski definition) is 3. The molecule has 0 saturated carbocycles. The molecule has 3 unspecified atom stereocenters. The van der Waals surface area contributed by atoms with E-state index < -0.39 is 33.2 Å². The first-order chi connectivity index (χ1) is 26.8. The highest BCUT2D eigenvalue weighted by Crippen LogP contribution is 2.43. The van der Waals surface area contributed by atoms with E-state index in [2.05, 4.69) is 26.0 Å². The van der Waals surface area contributed by atoms with E-state index in [-0.39, 0.29) is 25.6 Å². The molecular formula is C45H89O9P. The standard InChI is InChI=1S/C45H89O9P/c1-3-5-7-9-11-13-15-17-19-21-22-23-25-27-29-31-33-35-37-45(48)54-44(42-53-55(49,50)52-40-43(47)39-46)41-51-38-36-34-32-30-28-26-24-20-18-16-14-12-10-8-6-4-2/h19,21,43-44,46-47H,3-18,20,22-42H2,1-2H3,(H,49,50)/b21-19-. The first-order valence-corrected chi connectivity index (χ1v) is 24.7. The van der Waals surface area contributed by atoms with E-state index in [1.54, 1.807) is 0 Å². The fourth-order valence-electron chi connectivity index (χ4n) is 6.65. The third-order valence-electron chi connectivity index (χ3n) is 10.2. The van der Waals surface area contributed by atoms with Gasteiger partial charge < -0.3 is 24.6 Å². The Kier molecular flexibility index (Phi) is 42.2. The molecule has 0 rings (SSSR count). The van der Waals surface area contributed by atoms with Crippen molar-refractivity contribution in [3.63, 3.8) is 0 Å². The molecule has 0 fully saturated rings. The van der Waals surface area contributed by atoms with Gasteiger partial charge in [0.25, 0.3) is 0 Å². The summed E-state index contributed by atoms with van der Waals surface area (Å²) in [6.45, 7) is 3.56. The van der Waals surface area contributed by atoms with Crippen molar-refractivity contribution in [1.29, 1.82) is 0 Å². The quantitative estimate of drug-likeness (QED) is 0.0238. The van der Waals surface area contributed by atoms with Crippen LogP contribution in [0.1, 0.15) is 226 Å². The van der Waals surface area contributed by atoms with E-state index in [1.165, 1.54) is 167 Å². The molecular weight excluding hydrogens is 715 g/mol. The van der Waals surface area contributed by atoms with E-state index in [1.807, 2.05) is 0 Å². The SMILES string of the molecule is CCCCCCCCC/C=C\CCCCCCCCCC(=O)OC(COCCCCCCCCCCCCCCCCCC)COP(=O)(O)OCC(O)CO. The van der Waals surface area contributed by atoms with Crippen molar-refractivity contribution in [2.45, 2.75) is 238 Å². The topological polar surface area (TPSA) is 132 Å². The van der Waals surface area contributed by atoms with Gasteiger partial charge in [0.1, 0.15) is 12.2 Å². The molecule has 10 heteroatoms. The van der Waals surface area contributed by atoms with Gasteiger partial charge in [-0.15, -0.1) is 0 Å². The number of phosphoric ester groups is 1. The second-order valence-corrected chi connectivity index (χ2v) is 17.2. The highest BCUT2D eigenvalue weighted by atomic mass is 31.2. The third-order valence-corrected chi connectivity index (χ3v) is 11.2. The molecule has 55 heavy (non-hydrogen) atoms. The zero-order valence-electron chi connectivity index (χ0n) is 35.9. The minimum absolute atomic E-state index is 0.0536. The lowest BCUT2D eigenvalue weighted by Crippen LogP contribution is -2.29. The van der Waals surface area contributed by atoms with Gasteiger partial charge in [-0.25, -0.2) is 4.57 Å². The average Bonchev–Trinajstić information content (AvgIpc) is 3.18. The molecule has 0 aliphatic heterocycles. The van der Waals surface area contributed by atoms with Crippen LogP contribution in [0.3, 0.4) is 0 Å². The van der Waals surface area contributed by atoms with Gasteiger partial charge in [-0.3, -0.25) is 13.8 Å². The molecule has 0 aliphatic carbocycles. The summed E-state index contributed by atoms with van der Waals surface area (Å²) in [6, 6.07) is 0. The summed E-state index contributed by atoms with van der Waals surface area (Å²) in [6.07, 6.45) is 43.1. The zero-order valence-corrected chi connectivity index (χ0v) is 36.8. The number of carbonyl (C=O) groups is 1. The summed E-state index contributed by atoms with van der Waals surface area (Å²) < 4.78 is 33.4. The highest BCUT2D eigenvalue weighted by Gasteiger charge is 2.26. The van der Waals surface area contributed by atoms with E-state index >= 15 is 0 Å². The maximum Gasteiger partial charge on any atom is 0.472 e.